The van der Waals surface area contributed by atoms with Crippen molar-refractivity contribution < 1.29 is 4.79 Å². The number of hydrogen-bond acceptors (Lipinski definition) is 2. The first-order valence-corrected chi connectivity index (χ1v) is 6.33. The Hall–Kier alpha value is -1.90. The Kier molecular flexibility index (Phi) is 2.74. The molecule has 0 aliphatic heterocycles. The maximum atomic E-state index is 12.2. The van der Waals surface area contributed by atoms with E-state index in [9.17, 15) is 4.79 Å². The summed E-state index contributed by atoms with van der Waals surface area (Å²) in [4.78, 5) is 12.2. The Morgan fingerprint density at radius 3 is 2.94 bits per heavy atom. The van der Waals surface area contributed by atoms with Crippen LogP contribution in [0.15, 0.2) is 36.5 Å². The van der Waals surface area contributed by atoms with Crippen LogP contribution in [0.4, 0.5) is 0 Å². The topological polar surface area (TPSA) is 34.9 Å². The maximum Gasteiger partial charge on any atom is 0.141 e. The van der Waals surface area contributed by atoms with Crippen LogP contribution in [0.3, 0.4) is 0 Å². The van der Waals surface area contributed by atoms with Gasteiger partial charge in [0.1, 0.15) is 5.78 Å². The van der Waals surface area contributed by atoms with Gasteiger partial charge in [0.25, 0.3) is 0 Å². The molecule has 0 amide bonds. The minimum absolute atomic E-state index is 0.134. The van der Waals surface area contributed by atoms with E-state index in [0.29, 0.717) is 12.2 Å². The van der Waals surface area contributed by atoms with Crippen LogP contribution in [-0.4, -0.2) is 15.6 Å². The van der Waals surface area contributed by atoms with E-state index in [0.717, 1.165) is 18.5 Å². The molecule has 1 unspecified atom stereocenters. The van der Waals surface area contributed by atoms with Gasteiger partial charge in [0.15, 0.2) is 0 Å². The number of carbonyl (C=O) groups is 1. The third-order valence-electron chi connectivity index (χ3n) is 3.79. The average Bonchev–Trinajstić information content (AvgIpc) is 2.74. The summed E-state index contributed by atoms with van der Waals surface area (Å²) in [5.41, 5.74) is 3.68. The molecular formula is C15H16N2O. The summed E-state index contributed by atoms with van der Waals surface area (Å²) in [6.45, 7) is 0. The van der Waals surface area contributed by atoms with Crippen LogP contribution in [0, 0.1) is 0 Å². The highest BCUT2D eigenvalue weighted by Gasteiger charge is 2.30. The molecule has 0 radical (unpaired) electrons. The van der Waals surface area contributed by atoms with Gasteiger partial charge < -0.3 is 0 Å². The van der Waals surface area contributed by atoms with Crippen molar-refractivity contribution in [3.63, 3.8) is 0 Å². The third-order valence-corrected chi connectivity index (χ3v) is 3.79. The Labute approximate surface area is 106 Å². The Morgan fingerprint density at radius 1 is 1.39 bits per heavy atom. The van der Waals surface area contributed by atoms with Crippen molar-refractivity contribution in [3.8, 4) is 0 Å². The first-order chi connectivity index (χ1) is 8.75. The Balaban J connectivity index is 1.63. The average molecular weight is 240 g/mol. The molecule has 0 saturated carbocycles. The summed E-state index contributed by atoms with van der Waals surface area (Å²) in [6, 6.07) is 10.2. The van der Waals surface area contributed by atoms with Gasteiger partial charge in [0, 0.05) is 31.3 Å². The van der Waals surface area contributed by atoms with E-state index in [1.807, 2.05) is 29.9 Å². The fourth-order valence-electron chi connectivity index (χ4n) is 2.62. The van der Waals surface area contributed by atoms with Crippen LogP contribution in [0.25, 0.3) is 0 Å². The second-order valence-corrected chi connectivity index (χ2v) is 4.87. The SMILES string of the molecule is Cn1nccc1CCC(=O)C1Cc2ccccc21. The number of aryl methyl sites for hydroxylation is 2. The first kappa shape index (κ1) is 11.2. The molecule has 1 aromatic carbocycles. The predicted molar refractivity (Wildman–Crippen MR) is 69.4 cm³/mol. The summed E-state index contributed by atoms with van der Waals surface area (Å²) in [6.07, 6.45) is 4.09. The third kappa shape index (κ3) is 1.86. The largest absolute Gasteiger partial charge is 0.299 e. The fourth-order valence-corrected chi connectivity index (χ4v) is 2.62. The number of fused-ring (bicyclic) bond motifs is 1. The van der Waals surface area contributed by atoms with Gasteiger partial charge in [-0.1, -0.05) is 24.3 Å². The van der Waals surface area contributed by atoms with Gasteiger partial charge in [-0.15, -0.1) is 0 Å². The number of ketones is 1. The molecule has 0 fully saturated rings. The highest BCUT2D eigenvalue weighted by atomic mass is 16.1. The monoisotopic (exact) mass is 240 g/mol. The Bertz CT molecular complexity index is 586. The van der Waals surface area contributed by atoms with Gasteiger partial charge in [0.2, 0.25) is 0 Å². The number of rotatable bonds is 4. The molecule has 18 heavy (non-hydrogen) atoms. The minimum Gasteiger partial charge on any atom is -0.299 e. The molecular weight excluding hydrogens is 224 g/mol. The van der Waals surface area contributed by atoms with E-state index in [4.69, 9.17) is 0 Å². The molecule has 3 heteroatoms. The van der Waals surface area contributed by atoms with Crippen molar-refractivity contribution in [2.75, 3.05) is 0 Å². The van der Waals surface area contributed by atoms with E-state index in [1.165, 1.54) is 11.1 Å². The maximum absolute atomic E-state index is 12.2. The van der Waals surface area contributed by atoms with Crippen molar-refractivity contribution in [1.82, 2.24) is 9.78 Å². The highest BCUT2D eigenvalue weighted by molar-refractivity contribution is 5.88. The zero-order valence-corrected chi connectivity index (χ0v) is 10.5. The van der Waals surface area contributed by atoms with Crippen LogP contribution in [-0.2, 0) is 24.7 Å². The fraction of sp³-hybridized carbons (Fsp3) is 0.333. The van der Waals surface area contributed by atoms with Crippen molar-refractivity contribution >= 4 is 5.78 Å². The molecule has 1 heterocycles. The number of benzene rings is 1. The molecule has 1 aliphatic rings. The standard InChI is InChI=1S/C15H16N2O/c1-17-12(8-9-16-17)6-7-15(18)14-10-11-4-2-3-5-13(11)14/h2-5,8-9,14H,6-7,10H2,1H3. The molecule has 2 aromatic rings. The van der Waals surface area contributed by atoms with Crippen molar-refractivity contribution in [3.05, 3.63) is 53.3 Å². The molecule has 3 rings (SSSR count). The second-order valence-electron chi connectivity index (χ2n) is 4.87. The second kappa shape index (κ2) is 4.41. The van der Waals surface area contributed by atoms with Crippen molar-refractivity contribution in [2.24, 2.45) is 7.05 Å². The van der Waals surface area contributed by atoms with E-state index >= 15 is 0 Å². The number of aromatic nitrogens is 2. The van der Waals surface area contributed by atoms with E-state index < -0.39 is 0 Å². The molecule has 0 N–H and O–H groups in total. The number of hydrogen-bond donors (Lipinski definition) is 0. The molecule has 1 aromatic heterocycles. The smallest absolute Gasteiger partial charge is 0.141 e. The number of carbonyl (C=O) groups excluding carboxylic acids is 1. The van der Waals surface area contributed by atoms with E-state index in [2.05, 4.69) is 17.2 Å². The first-order valence-electron chi connectivity index (χ1n) is 6.33. The lowest BCUT2D eigenvalue weighted by Crippen LogP contribution is -2.25. The van der Waals surface area contributed by atoms with Crippen molar-refractivity contribution in [2.45, 2.75) is 25.2 Å². The Morgan fingerprint density at radius 2 is 2.22 bits per heavy atom. The summed E-state index contributed by atoms with van der Waals surface area (Å²) >= 11 is 0. The quantitative estimate of drug-likeness (QED) is 0.821. The van der Waals surface area contributed by atoms with Crippen LogP contribution in [0.2, 0.25) is 0 Å². The summed E-state index contributed by atoms with van der Waals surface area (Å²) in [5.74, 6) is 0.490. The van der Waals surface area contributed by atoms with E-state index in [1.54, 1.807) is 6.20 Å². The van der Waals surface area contributed by atoms with Crippen LogP contribution in [0.1, 0.15) is 29.2 Å². The summed E-state index contributed by atoms with van der Waals surface area (Å²) in [5, 5.41) is 4.11. The molecule has 3 nitrogen and oxygen atoms in total. The molecule has 92 valence electrons. The van der Waals surface area contributed by atoms with Gasteiger partial charge in [-0.25, -0.2) is 0 Å². The number of Topliss-reactive ketones (excluding diaryl/α,β-unsaturated/α-hetero) is 1. The van der Waals surface area contributed by atoms with E-state index in [-0.39, 0.29) is 5.92 Å². The normalized spacial score (nSPS) is 17.1. The molecule has 1 aliphatic carbocycles. The lowest BCUT2D eigenvalue weighted by atomic mass is 9.74. The number of nitrogens with zero attached hydrogens (tertiary/aromatic N) is 2. The van der Waals surface area contributed by atoms with Gasteiger partial charge in [0.05, 0.1) is 0 Å². The lowest BCUT2D eigenvalue weighted by molar-refractivity contribution is -0.121. The predicted octanol–water partition coefficient (Wildman–Crippen LogP) is 2.26. The molecule has 0 spiro atoms. The van der Waals surface area contributed by atoms with Gasteiger partial charge in [-0.2, -0.15) is 5.10 Å². The molecule has 0 bridgehead atoms. The summed E-state index contributed by atoms with van der Waals surface area (Å²) in [7, 11) is 1.92. The minimum atomic E-state index is 0.134. The van der Waals surface area contributed by atoms with Gasteiger partial charge in [-0.3, -0.25) is 9.48 Å². The van der Waals surface area contributed by atoms with Crippen LogP contribution >= 0.6 is 0 Å². The summed E-state index contributed by atoms with van der Waals surface area (Å²) < 4.78 is 1.84. The molecule has 0 saturated heterocycles. The van der Waals surface area contributed by atoms with Gasteiger partial charge in [-0.05, 0) is 30.0 Å². The lowest BCUT2D eigenvalue weighted by Gasteiger charge is -2.28. The van der Waals surface area contributed by atoms with Gasteiger partial charge >= 0.3 is 0 Å². The highest BCUT2D eigenvalue weighted by Crippen LogP contribution is 2.36. The zero-order valence-electron chi connectivity index (χ0n) is 10.5. The molecule has 1 atom stereocenters. The van der Waals surface area contributed by atoms with Crippen LogP contribution in [0.5, 0.6) is 0 Å². The zero-order chi connectivity index (χ0) is 12.5. The van der Waals surface area contributed by atoms with Crippen molar-refractivity contribution in [1.29, 1.82) is 0 Å². The van der Waals surface area contributed by atoms with Crippen LogP contribution < -0.4 is 0 Å².